The second kappa shape index (κ2) is 38.0. The number of aldehydes is 1. The van der Waals surface area contributed by atoms with Crippen LogP contribution in [0.1, 0.15) is 180 Å². The van der Waals surface area contributed by atoms with E-state index >= 15 is 0 Å². The fourth-order valence-corrected chi connectivity index (χ4v) is 23.4. The first-order valence-electron chi connectivity index (χ1n) is 39.9. The summed E-state index contributed by atoms with van der Waals surface area (Å²) in [4.78, 5) is 109. The molecule has 0 fully saturated rings. The molecule has 17 nitrogen and oxygen atoms in total. The van der Waals surface area contributed by atoms with Gasteiger partial charge in [0.1, 0.15) is 0 Å². The van der Waals surface area contributed by atoms with Crippen LogP contribution < -0.4 is 14.7 Å². The van der Waals surface area contributed by atoms with E-state index in [-0.39, 0.29) is 97.7 Å². The van der Waals surface area contributed by atoms with E-state index in [1.165, 1.54) is 51.8 Å². The van der Waals surface area contributed by atoms with E-state index in [0.29, 0.717) is 51.7 Å². The van der Waals surface area contributed by atoms with Crippen LogP contribution in [-0.4, -0.2) is 145 Å². The van der Waals surface area contributed by atoms with Crippen molar-refractivity contribution in [1.82, 2.24) is 39.9 Å². The van der Waals surface area contributed by atoms with Crippen LogP contribution in [-0.2, 0) is 28.1 Å². The summed E-state index contributed by atoms with van der Waals surface area (Å²) in [6.07, 6.45) is 23.4. The number of rotatable bonds is 5. The molecule has 7 aliphatic rings. The fraction of sp³-hybridized carbons (Fsp3) is 0.170. The largest absolute Gasteiger partial charge is 0.294 e. The number of carbonyl (C=O) groups excluding carboxylic acids is 5. The number of fused-ring (bicyclic) bond motifs is 12. The number of pyridine rings is 8. The zero-order chi connectivity index (χ0) is 87.2. The van der Waals surface area contributed by atoms with Gasteiger partial charge in [0.05, 0.1) is 23.1 Å². The zero-order valence-corrected chi connectivity index (χ0v) is 79.7. The normalized spacial score (nSPS) is 15.0. The molecule has 1 N–H and O–H groups in total. The van der Waals surface area contributed by atoms with Crippen molar-refractivity contribution in [3.63, 3.8) is 0 Å². The molecule has 0 atom stereocenters. The topological polar surface area (TPSA) is 218 Å². The number of halogens is 3. The Hall–Kier alpha value is -10.7. The molecule has 0 radical (unpaired) electrons. The van der Waals surface area contributed by atoms with E-state index in [1.54, 1.807) is 13.0 Å². The van der Waals surface area contributed by atoms with E-state index in [0.717, 1.165) is 98.3 Å². The number of allylic oxidation sites excluding steroid dienone is 3. The Morgan fingerprint density at radius 1 is 0.419 bits per heavy atom. The van der Waals surface area contributed by atoms with Crippen molar-refractivity contribution < 1.29 is 29.1 Å². The molecule has 3 aliphatic carbocycles. The molecule has 0 spiro atoms. The molecule has 11 aromatic heterocycles. The number of hydrogen-bond donors (Lipinski definition) is 1. The molecule has 0 bridgehead atoms. The van der Waals surface area contributed by atoms with Crippen LogP contribution in [0.3, 0.4) is 0 Å². The van der Waals surface area contributed by atoms with Gasteiger partial charge >= 0.3 is 547 Å². The number of anilines is 9. The van der Waals surface area contributed by atoms with Crippen LogP contribution in [0.4, 0.5) is 48.6 Å². The number of ketones is 4. The van der Waals surface area contributed by atoms with Gasteiger partial charge in [0.25, 0.3) is 0 Å². The van der Waals surface area contributed by atoms with Crippen molar-refractivity contribution in [3.8, 4) is 0 Å². The maximum atomic E-state index is 13.3. The van der Waals surface area contributed by atoms with E-state index in [9.17, 15) is 24.0 Å². The minimum Gasteiger partial charge on any atom is -0.294 e. The van der Waals surface area contributed by atoms with Crippen LogP contribution in [0.15, 0.2) is 280 Å². The molecule has 0 unspecified atom stereocenters. The second-order valence-corrected chi connectivity index (χ2v) is 43.3. The van der Waals surface area contributed by atoms with Gasteiger partial charge in [-0.25, -0.2) is 0 Å². The number of hydrogen-bond acceptors (Lipinski definition) is 17. The Kier molecular flexibility index (Phi) is 27.0. The number of nitrogens with zero attached hydrogens (tertiary/aromatic N) is 11. The Morgan fingerprint density at radius 3 is 1.06 bits per heavy atom. The predicted molar refractivity (Wildman–Crippen MR) is 509 cm³/mol. The molecule has 0 amide bonds. The number of aliphatic hydroxyl groups is 1. The summed E-state index contributed by atoms with van der Waals surface area (Å²) in [5.74, 6) is 5.11. The molecule has 24 heteroatoms. The number of carbonyl (C=O) groups is 5. The van der Waals surface area contributed by atoms with Gasteiger partial charge in [0.2, 0.25) is 0 Å². The standard InChI is InChI=1S/C31H21N3O2Se.C18H15N3OSe.C17H15N3Se.C14H14N2.C13H8O2.C4H2ISe.C2H6O.CH2Cl2/c1-31(2)24-9-5-13-32-29(24)34(30-25(31)10-6-14-33-30)26-12-11-20(37-26)17-23-27(35)21-15-18-7-3-4-8-19(18)16-22(21)28(23)36;1-18(2)13-5-3-9-19-16(13)21(15-8-7-12(11-22)23-15)17-14(18)6-4-10-20-17;1-17(2)12-6-3-9-18-15(12)20(14-8-5-11-21-14)16-13(17)7-4-10-19-16;1-14(2)10-5-3-7-15-12(10)9-13-11(14)6-4-8-16-13;14-12-7-13(15)11-6-9-4-2-1-3-8(9)5-10(11)12;5-4-2-1-3-6-4;1-2-3;2-1-3/h3-17H,1-2H3;3-11H,1-2H3;3-11H,1-2H3;3-8H,9H2,1-2H3;1-6H,7H2;1,3H;3H,2H2,1H3;1H2/q;;;;;+1;;. The van der Waals surface area contributed by atoms with Crippen molar-refractivity contribution in [1.29, 1.82) is 0 Å². The summed E-state index contributed by atoms with van der Waals surface area (Å²) in [5, 5.41) is 11.7. The monoisotopic (exact) mass is 2050 g/mol. The fourth-order valence-electron chi connectivity index (χ4n) is 16.4. The van der Waals surface area contributed by atoms with E-state index in [2.05, 4.69) is 205 Å². The van der Waals surface area contributed by atoms with Crippen LogP contribution in [0.25, 0.3) is 27.6 Å². The number of aliphatic hydroxyl groups excluding tert-OH is 1. The predicted octanol–water partition coefficient (Wildman–Crippen LogP) is 21.4. The molecule has 15 heterocycles. The van der Waals surface area contributed by atoms with Gasteiger partial charge in [-0.3, -0.25) is 19.6 Å². The number of benzene rings is 4. The van der Waals surface area contributed by atoms with E-state index < -0.39 is 0 Å². The molecule has 0 saturated heterocycles. The summed E-state index contributed by atoms with van der Waals surface area (Å²) >= 11 is 12.6. The molecular formula is C100H83Cl2IN11O6Se4+. The number of aromatic nitrogens is 8. The van der Waals surface area contributed by atoms with E-state index in [4.69, 9.17) is 38.3 Å². The van der Waals surface area contributed by atoms with Crippen LogP contribution in [0.5, 0.6) is 0 Å². The smallest absolute Gasteiger partial charge is 0.171 e. The number of alkyl halides is 2. The molecule has 22 rings (SSSR count). The van der Waals surface area contributed by atoms with Gasteiger partial charge in [0, 0.05) is 42.0 Å². The summed E-state index contributed by atoms with van der Waals surface area (Å²) in [7, 11) is 0. The van der Waals surface area contributed by atoms with Crippen molar-refractivity contribution in [2.75, 3.05) is 26.6 Å². The second-order valence-electron chi connectivity index (χ2n) is 31.3. The minimum atomic E-state index is -0.230. The summed E-state index contributed by atoms with van der Waals surface area (Å²) in [6, 6.07) is 68.3. The van der Waals surface area contributed by atoms with Crippen LogP contribution >= 0.6 is 45.8 Å². The first-order valence-corrected chi connectivity index (χ1v) is 49.2. The molecule has 4 aliphatic heterocycles. The molecule has 618 valence electrons. The van der Waals surface area contributed by atoms with Gasteiger partial charge < -0.3 is 5.11 Å². The van der Waals surface area contributed by atoms with Gasteiger partial charge in [-0.15, -0.1) is 23.2 Å². The van der Waals surface area contributed by atoms with Crippen molar-refractivity contribution in [2.24, 2.45) is 0 Å². The first-order chi connectivity index (χ1) is 59.9. The van der Waals surface area contributed by atoms with Gasteiger partial charge in [-0.1, -0.05) is 50.2 Å². The average Bonchev–Trinajstić information content (AvgIpc) is 0.791. The third kappa shape index (κ3) is 17.6. The molecular weight excluding hydrogens is 1960 g/mol. The average molecular weight is 2050 g/mol. The van der Waals surface area contributed by atoms with Crippen molar-refractivity contribution in [3.05, 3.63) is 373 Å². The number of Topliss-reactive ketones (excluding diaryl/α,β-unsaturated/α-hetero) is 4. The molecule has 4 aromatic carbocycles. The summed E-state index contributed by atoms with van der Waals surface area (Å²) in [6.45, 7) is 19.7. The SMILES string of the molecule is CC1(C)c2cccnc2Cc2ncccc21.CC1(C)c2cccnc2N(c2ccc(C=C3C(=O)c4cc5ccccc5cc4C3=O)[se]2)c2ncccc21.CC1(C)c2cccnc2N(c2ccc(C=O)[se]2)c2ncccc21.CC1(C)c2cccnc2N(c2ccc[se]2)c2ncccc21.CCO.ClCCl.IC1=[C+]C=C[Se]1.O=C1CC(=O)c2cc3ccccc3cc21. The Balaban J connectivity index is 0.000000120. The molecule has 124 heavy (non-hydrogen) atoms. The van der Waals surface area contributed by atoms with Crippen molar-refractivity contribution in [2.45, 2.75) is 96.8 Å². The Labute approximate surface area is 768 Å². The molecule has 15 aromatic rings. The van der Waals surface area contributed by atoms with Gasteiger partial charge in [0.15, 0.2) is 11.6 Å². The van der Waals surface area contributed by atoms with Gasteiger partial charge in [-0.05, 0) is 53.1 Å². The summed E-state index contributed by atoms with van der Waals surface area (Å²) < 4.78 is 6.63. The van der Waals surface area contributed by atoms with Crippen LogP contribution in [0, 0.1) is 6.08 Å². The Bertz CT molecular complexity index is 6390. The third-order valence-corrected chi connectivity index (χ3v) is 31.3. The molecule has 0 saturated carbocycles. The van der Waals surface area contributed by atoms with Crippen LogP contribution in [0.2, 0.25) is 0 Å². The van der Waals surface area contributed by atoms with Gasteiger partial charge in [-0.2, -0.15) is 0 Å². The zero-order valence-electron chi connectivity index (χ0n) is 69.1. The third-order valence-electron chi connectivity index (χ3n) is 22.4. The first kappa shape index (κ1) is 88.1. The maximum Gasteiger partial charge on any atom is 0.171 e. The summed E-state index contributed by atoms with van der Waals surface area (Å²) in [5.41, 5.74) is 14.1. The van der Waals surface area contributed by atoms with Crippen molar-refractivity contribution >= 4 is 210 Å². The minimum absolute atomic E-state index is 0.0193. The quantitative estimate of drug-likeness (QED) is 0.0247. The van der Waals surface area contributed by atoms with E-state index in [1.807, 2.05) is 195 Å². The Morgan fingerprint density at radius 2 is 0.742 bits per heavy atom. The maximum absolute atomic E-state index is 13.3.